The molecule has 0 bridgehead atoms. The smallest absolute Gasteiger partial charge is 0.223 e. The van der Waals surface area contributed by atoms with E-state index in [1.165, 1.54) is 5.56 Å². The first-order chi connectivity index (χ1) is 15.1. The zero-order valence-electron chi connectivity index (χ0n) is 19.3. The first-order valence-corrected chi connectivity index (χ1v) is 12.1. The summed E-state index contributed by atoms with van der Waals surface area (Å²) in [6, 6.07) is 0.824. The highest BCUT2D eigenvalue weighted by Gasteiger charge is 2.26. The molecule has 31 heavy (non-hydrogen) atoms. The van der Waals surface area contributed by atoms with Gasteiger partial charge in [0.2, 0.25) is 5.95 Å². The van der Waals surface area contributed by atoms with E-state index in [0.29, 0.717) is 23.9 Å². The van der Waals surface area contributed by atoms with Crippen molar-refractivity contribution in [2.75, 3.05) is 30.4 Å². The average Bonchev–Trinajstić information content (AvgIpc) is 2.79. The fourth-order valence-electron chi connectivity index (χ4n) is 5.16. The van der Waals surface area contributed by atoms with Crippen LogP contribution in [-0.2, 0) is 0 Å². The van der Waals surface area contributed by atoms with E-state index in [9.17, 15) is 5.11 Å². The van der Waals surface area contributed by atoms with Crippen molar-refractivity contribution in [1.82, 2.24) is 20.3 Å². The molecule has 2 aliphatic rings. The Morgan fingerprint density at radius 1 is 1.13 bits per heavy atom. The van der Waals surface area contributed by atoms with Gasteiger partial charge in [-0.1, -0.05) is 13.3 Å². The van der Waals surface area contributed by atoms with Gasteiger partial charge in [-0.3, -0.25) is 0 Å². The quantitative estimate of drug-likeness (QED) is 0.620. The molecule has 2 fully saturated rings. The van der Waals surface area contributed by atoms with E-state index >= 15 is 0 Å². The average molecular weight is 427 g/mol. The molecule has 7 heteroatoms. The number of aliphatic hydroxyl groups excluding tert-OH is 1. The molecule has 170 valence electrons. The molecule has 2 aromatic rings. The van der Waals surface area contributed by atoms with Crippen LogP contribution in [0.3, 0.4) is 0 Å². The van der Waals surface area contributed by atoms with Gasteiger partial charge in [0.15, 0.2) is 0 Å². The van der Waals surface area contributed by atoms with Gasteiger partial charge in [-0.25, -0.2) is 15.0 Å². The lowest BCUT2D eigenvalue weighted by Crippen LogP contribution is -2.41. The van der Waals surface area contributed by atoms with Gasteiger partial charge in [-0.05, 0) is 70.9 Å². The van der Waals surface area contributed by atoms with Crippen molar-refractivity contribution in [3.63, 3.8) is 0 Å². The van der Waals surface area contributed by atoms with Crippen LogP contribution in [0.5, 0.6) is 0 Å². The molecule has 0 radical (unpaired) electrons. The van der Waals surface area contributed by atoms with Gasteiger partial charge < -0.3 is 20.6 Å². The second-order valence-corrected chi connectivity index (χ2v) is 9.42. The number of fused-ring (bicyclic) bond motifs is 1. The van der Waals surface area contributed by atoms with Crippen molar-refractivity contribution in [3.8, 4) is 0 Å². The number of pyridine rings is 1. The van der Waals surface area contributed by atoms with Crippen molar-refractivity contribution in [2.45, 2.75) is 89.3 Å². The second kappa shape index (κ2) is 10.1. The van der Waals surface area contributed by atoms with Crippen LogP contribution in [0.4, 0.5) is 11.8 Å². The highest BCUT2D eigenvalue weighted by atomic mass is 16.3. The maximum Gasteiger partial charge on any atom is 0.223 e. The van der Waals surface area contributed by atoms with Crippen molar-refractivity contribution in [3.05, 3.63) is 18.0 Å². The van der Waals surface area contributed by atoms with Crippen molar-refractivity contribution in [2.24, 2.45) is 0 Å². The van der Waals surface area contributed by atoms with E-state index in [1.54, 1.807) is 0 Å². The minimum Gasteiger partial charge on any atom is -0.393 e. The molecule has 0 aromatic carbocycles. The van der Waals surface area contributed by atoms with Crippen LogP contribution in [-0.4, -0.2) is 58.4 Å². The molecule has 1 aliphatic heterocycles. The van der Waals surface area contributed by atoms with Gasteiger partial charge in [0.25, 0.3) is 0 Å². The number of nitrogens with one attached hydrogen (secondary N) is 2. The van der Waals surface area contributed by atoms with Crippen LogP contribution in [0.25, 0.3) is 10.9 Å². The molecule has 0 amide bonds. The first kappa shape index (κ1) is 22.2. The summed E-state index contributed by atoms with van der Waals surface area (Å²) in [5.41, 5.74) is 2.23. The molecule has 3 N–H and O–H groups in total. The van der Waals surface area contributed by atoms with Crippen LogP contribution >= 0.6 is 0 Å². The Hall–Kier alpha value is -1.99. The Morgan fingerprint density at radius 2 is 1.87 bits per heavy atom. The lowest BCUT2D eigenvalue weighted by atomic mass is 9.82. The summed E-state index contributed by atoms with van der Waals surface area (Å²) in [5.74, 6) is 2.08. The predicted octanol–water partition coefficient (Wildman–Crippen LogP) is 3.83. The number of rotatable bonds is 7. The van der Waals surface area contributed by atoms with Gasteiger partial charge in [0, 0.05) is 37.1 Å². The summed E-state index contributed by atoms with van der Waals surface area (Å²) in [7, 11) is 2.16. The highest BCUT2D eigenvalue weighted by Crippen LogP contribution is 2.38. The Morgan fingerprint density at radius 3 is 2.58 bits per heavy atom. The third kappa shape index (κ3) is 5.09. The van der Waals surface area contributed by atoms with E-state index in [1.807, 2.05) is 12.4 Å². The summed E-state index contributed by atoms with van der Waals surface area (Å²) in [5, 5.41) is 17.9. The lowest BCUT2D eigenvalue weighted by molar-refractivity contribution is 0.122. The van der Waals surface area contributed by atoms with Crippen LogP contribution < -0.4 is 15.5 Å². The van der Waals surface area contributed by atoms with Crippen molar-refractivity contribution < 1.29 is 5.11 Å². The lowest BCUT2D eigenvalue weighted by Gasteiger charge is -2.33. The Kier molecular flexibility index (Phi) is 7.23. The molecule has 4 rings (SSSR count). The summed E-state index contributed by atoms with van der Waals surface area (Å²) in [6.07, 6.45) is 12.0. The molecule has 3 heterocycles. The standard InChI is InChI=1S/C24H38N6O/c1-4-5-16(2)28-24-27-15-21-22(29-24)20(17-6-8-19(31)9-7-17)14-26-23(21)30(3)18-10-12-25-13-11-18/h14-19,25,31H,4-13H2,1-3H3,(H,27,28,29)/t16?,17-,19-. The van der Waals surface area contributed by atoms with E-state index in [2.05, 4.69) is 41.4 Å². The van der Waals surface area contributed by atoms with Gasteiger partial charge >= 0.3 is 0 Å². The van der Waals surface area contributed by atoms with E-state index in [0.717, 1.165) is 81.2 Å². The number of hydrogen-bond acceptors (Lipinski definition) is 7. The first-order valence-electron chi connectivity index (χ1n) is 12.1. The van der Waals surface area contributed by atoms with Crippen LogP contribution in [0.15, 0.2) is 12.4 Å². The minimum absolute atomic E-state index is 0.164. The maximum absolute atomic E-state index is 9.98. The molecule has 1 saturated carbocycles. The third-order valence-electron chi connectivity index (χ3n) is 7.05. The second-order valence-electron chi connectivity index (χ2n) is 9.42. The molecule has 1 saturated heterocycles. The molecule has 1 atom stereocenters. The van der Waals surface area contributed by atoms with Gasteiger partial charge in [-0.15, -0.1) is 0 Å². The monoisotopic (exact) mass is 426 g/mol. The summed E-state index contributed by atoms with van der Waals surface area (Å²) >= 11 is 0. The van der Waals surface area contributed by atoms with E-state index in [-0.39, 0.29) is 6.10 Å². The molecule has 1 aliphatic carbocycles. The van der Waals surface area contributed by atoms with Crippen molar-refractivity contribution >= 4 is 22.7 Å². The number of hydrogen-bond donors (Lipinski definition) is 3. The number of piperidine rings is 1. The normalized spacial score (nSPS) is 23.6. The van der Waals surface area contributed by atoms with Crippen LogP contribution in [0.1, 0.15) is 76.7 Å². The number of anilines is 2. The summed E-state index contributed by atoms with van der Waals surface area (Å²) in [4.78, 5) is 17.0. The van der Waals surface area contributed by atoms with E-state index in [4.69, 9.17) is 9.97 Å². The van der Waals surface area contributed by atoms with Crippen LogP contribution in [0.2, 0.25) is 0 Å². The van der Waals surface area contributed by atoms with Gasteiger partial charge in [0.05, 0.1) is 17.0 Å². The van der Waals surface area contributed by atoms with Gasteiger partial charge in [0.1, 0.15) is 5.82 Å². The Labute approximate surface area is 186 Å². The molecule has 0 spiro atoms. The van der Waals surface area contributed by atoms with Crippen LogP contribution in [0, 0.1) is 0 Å². The third-order valence-corrected chi connectivity index (χ3v) is 7.05. The van der Waals surface area contributed by atoms with Crippen molar-refractivity contribution in [1.29, 1.82) is 0 Å². The number of nitrogens with zero attached hydrogens (tertiary/aromatic N) is 4. The Balaban J connectivity index is 1.71. The molecular formula is C24H38N6O. The van der Waals surface area contributed by atoms with Gasteiger partial charge in [-0.2, -0.15) is 0 Å². The molecular weight excluding hydrogens is 388 g/mol. The fraction of sp³-hybridized carbons (Fsp3) is 0.708. The zero-order chi connectivity index (χ0) is 21.8. The topological polar surface area (TPSA) is 86.2 Å². The molecule has 2 aromatic heterocycles. The summed E-state index contributed by atoms with van der Waals surface area (Å²) in [6.45, 7) is 6.48. The highest BCUT2D eigenvalue weighted by molar-refractivity contribution is 5.92. The zero-order valence-corrected chi connectivity index (χ0v) is 19.3. The summed E-state index contributed by atoms with van der Waals surface area (Å²) < 4.78 is 0. The SMILES string of the molecule is CCCC(C)Nc1ncc2c(N(C)C3CCNCC3)ncc([C@H]3CC[C@H](O)CC3)c2n1. The fourth-order valence-corrected chi connectivity index (χ4v) is 5.16. The van der Waals surface area contributed by atoms with E-state index < -0.39 is 0 Å². The molecule has 1 unspecified atom stereocenters. The largest absolute Gasteiger partial charge is 0.393 e. The Bertz CT molecular complexity index is 861. The number of aromatic nitrogens is 3. The number of aliphatic hydroxyl groups is 1. The predicted molar refractivity (Wildman–Crippen MR) is 127 cm³/mol. The molecule has 7 nitrogen and oxygen atoms in total. The maximum atomic E-state index is 9.98. The minimum atomic E-state index is -0.164.